The third-order valence-electron chi connectivity index (χ3n) is 5.90. The summed E-state index contributed by atoms with van der Waals surface area (Å²) in [5.74, 6) is 1.87. The number of hydrogen-bond acceptors (Lipinski definition) is 5. The zero-order valence-corrected chi connectivity index (χ0v) is 16.8. The maximum atomic E-state index is 13.0. The average Bonchev–Trinajstić information content (AvgIpc) is 3.15. The minimum Gasteiger partial charge on any atom is -0.352 e. The Morgan fingerprint density at radius 2 is 2.00 bits per heavy atom. The first-order chi connectivity index (χ1) is 12.9. The molecule has 1 aromatic carbocycles. The largest absolute Gasteiger partial charge is 0.352 e. The lowest BCUT2D eigenvalue weighted by Gasteiger charge is -2.44. The molecule has 3 aliphatic heterocycles. The molecule has 3 heterocycles. The lowest BCUT2D eigenvalue weighted by molar-refractivity contribution is -0.124. The molecule has 2 amide bonds. The van der Waals surface area contributed by atoms with Gasteiger partial charge in [-0.15, -0.1) is 0 Å². The molecule has 146 valence electrons. The second-order valence-corrected chi connectivity index (χ2v) is 11.2. The van der Waals surface area contributed by atoms with Gasteiger partial charge in [0.1, 0.15) is 0 Å². The van der Waals surface area contributed by atoms with E-state index in [-0.39, 0.29) is 35.8 Å². The van der Waals surface area contributed by atoms with Crippen molar-refractivity contribution >= 4 is 33.4 Å². The van der Waals surface area contributed by atoms with Crippen LogP contribution < -0.4 is 5.32 Å². The van der Waals surface area contributed by atoms with E-state index in [0.717, 1.165) is 35.5 Å². The van der Waals surface area contributed by atoms with Gasteiger partial charge in [-0.05, 0) is 42.4 Å². The van der Waals surface area contributed by atoms with Crippen LogP contribution in [-0.4, -0.2) is 59.7 Å². The van der Waals surface area contributed by atoms with Gasteiger partial charge in [-0.25, -0.2) is 8.42 Å². The van der Waals surface area contributed by atoms with Crippen LogP contribution in [0.3, 0.4) is 0 Å². The third kappa shape index (κ3) is 3.74. The number of nitrogens with zero attached hydrogens (tertiary/aromatic N) is 1. The van der Waals surface area contributed by atoms with E-state index in [9.17, 15) is 18.0 Å². The van der Waals surface area contributed by atoms with Crippen LogP contribution in [0.15, 0.2) is 24.3 Å². The Labute approximate surface area is 164 Å². The molecule has 4 rings (SSSR count). The Balaban J connectivity index is 1.51. The van der Waals surface area contributed by atoms with Crippen molar-refractivity contribution in [2.75, 3.05) is 23.0 Å². The summed E-state index contributed by atoms with van der Waals surface area (Å²) in [6.07, 6.45) is 2.29. The molecule has 0 radical (unpaired) electrons. The molecule has 8 heteroatoms. The summed E-state index contributed by atoms with van der Waals surface area (Å²) in [6, 6.07) is 7.33. The van der Waals surface area contributed by atoms with Crippen LogP contribution in [0.1, 0.15) is 41.6 Å². The van der Waals surface area contributed by atoms with Gasteiger partial charge in [0, 0.05) is 24.6 Å². The van der Waals surface area contributed by atoms with E-state index < -0.39 is 15.4 Å². The molecule has 27 heavy (non-hydrogen) atoms. The van der Waals surface area contributed by atoms with E-state index in [0.29, 0.717) is 13.0 Å². The summed E-state index contributed by atoms with van der Waals surface area (Å²) < 4.78 is 23.3. The molecule has 1 N–H and O–H groups in total. The molecule has 0 aromatic heterocycles. The molecule has 1 unspecified atom stereocenters. The first kappa shape index (κ1) is 18.8. The SMILES string of the molecule is O=C(CC1(N2Cc3ccccc3C2=O)CCSCC1)NC1CCS(=O)(=O)C1. The predicted molar refractivity (Wildman–Crippen MR) is 105 cm³/mol. The number of carbonyl (C=O) groups excluding carboxylic acids is 2. The average molecular weight is 409 g/mol. The number of fused-ring (bicyclic) bond motifs is 1. The summed E-state index contributed by atoms with van der Waals surface area (Å²) in [5, 5.41) is 2.90. The van der Waals surface area contributed by atoms with Crippen molar-refractivity contribution in [3.63, 3.8) is 0 Å². The van der Waals surface area contributed by atoms with Crippen molar-refractivity contribution in [3.8, 4) is 0 Å². The van der Waals surface area contributed by atoms with Gasteiger partial charge in [-0.3, -0.25) is 9.59 Å². The lowest BCUT2D eigenvalue weighted by atomic mass is 9.86. The van der Waals surface area contributed by atoms with Crippen LogP contribution in [0.4, 0.5) is 0 Å². The Kier molecular flexibility index (Phi) is 4.96. The van der Waals surface area contributed by atoms with E-state index in [1.54, 1.807) is 0 Å². The smallest absolute Gasteiger partial charge is 0.254 e. The topological polar surface area (TPSA) is 83.6 Å². The molecule has 2 fully saturated rings. The number of rotatable bonds is 4. The van der Waals surface area contributed by atoms with Crippen molar-refractivity contribution in [2.24, 2.45) is 0 Å². The van der Waals surface area contributed by atoms with Crippen molar-refractivity contribution in [1.29, 1.82) is 0 Å². The molecule has 0 aliphatic carbocycles. The zero-order chi connectivity index (χ0) is 19.1. The van der Waals surface area contributed by atoms with Crippen LogP contribution in [0.25, 0.3) is 0 Å². The van der Waals surface area contributed by atoms with Crippen LogP contribution >= 0.6 is 11.8 Å². The summed E-state index contributed by atoms with van der Waals surface area (Å²) in [5.41, 5.74) is 1.27. The van der Waals surface area contributed by atoms with Crippen LogP contribution in [0, 0.1) is 0 Å². The van der Waals surface area contributed by atoms with Crippen molar-refractivity contribution in [1.82, 2.24) is 10.2 Å². The second-order valence-electron chi connectivity index (χ2n) is 7.73. The molecule has 0 spiro atoms. The van der Waals surface area contributed by atoms with E-state index in [4.69, 9.17) is 0 Å². The number of nitrogens with one attached hydrogen (secondary N) is 1. The molecule has 1 aromatic rings. The molecule has 2 saturated heterocycles. The zero-order valence-electron chi connectivity index (χ0n) is 15.1. The fraction of sp³-hybridized carbons (Fsp3) is 0.579. The third-order valence-corrected chi connectivity index (χ3v) is 8.66. The van der Waals surface area contributed by atoms with E-state index in [2.05, 4.69) is 5.32 Å². The Morgan fingerprint density at radius 3 is 2.67 bits per heavy atom. The number of sulfone groups is 1. The summed E-state index contributed by atoms with van der Waals surface area (Å²) >= 11 is 1.85. The summed E-state index contributed by atoms with van der Waals surface area (Å²) in [7, 11) is -3.03. The number of hydrogen-bond donors (Lipinski definition) is 1. The van der Waals surface area contributed by atoms with E-state index in [1.165, 1.54) is 0 Å². The van der Waals surface area contributed by atoms with Gasteiger partial charge >= 0.3 is 0 Å². The molecule has 1 atom stereocenters. The van der Waals surface area contributed by atoms with Crippen molar-refractivity contribution in [2.45, 2.75) is 43.8 Å². The fourth-order valence-corrected chi connectivity index (χ4v) is 7.34. The van der Waals surface area contributed by atoms with E-state index >= 15 is 0 Å². The summed E-state index contributed by atoms with van der Waals surface area (Å²) in [6.45, 7) is 0.546. The number of thioether (sulfide) groups is 1. The van der Waals surface area contributed by atoms with Crippen LogP contribution in [0.5, 0.6) is 0 Å². The van der Waals surface area contributed by atoms with E-state index in [1.807, 2.05) is 40.9 Å². The Hall–Kier alpha value is -1.54. The Bertz CT molecular complexity index is 862. The van der Waals surface area contributed by atoms with Gasteiger partial charge in [0.15, 0.2) is 9.84 Å². The quantitative estimate of drug-likeness (QED) is 0.818. The van der Waals surface area contributed by atoms with Gasteiger partial charge in [0.2, 0.25) is 5.91 Å². The molecule has 0 bridgehead atoms. The normalized spacial score (nSPS) is 26.0. The maximum absolute atomic E-state index is 13.0. The summed E-state index contributed by atoms with van der Waals surface area (Å²) in [4.78, 5) is 27.7. The standard InChI is InChI=1S/C19H24N2O4S2/c22-17(20-15-5-10-27(24,25)13-15)11-19(6-8-26-9-7-19)21-12-14-3-1-2-4-16(14)18(21)23/h1-4,15H,5-13H2,(H,20,22). The highest BCUT2D eigenvalue weighted by atomic mass is 32.2. The van der Waals surface area contributed by atoms with Gasteiger partial charge in [0.05, 0.1) is 17.0 Å². The first-order valence-corrected chi connectivity index (χ1v) is 12.3. The highest BCUT2D eigenvalue weighted by Crippen LogP contribution is 2.40. The fourth-order valence-electron chi connectivity index (χ4n) is 4.42. The first-order valence-electron chi connectivity index (χ1n) is 9.36. The molecular weight excluding hydrogens is 384 g/mol. The number of benzene rings is 1. The van der Waals surface area contributed by atoms with Gasteiger partial charge in [0.25, 0.3) is 5.91 Å². The van der Waals surface area contributed by atoms with Crippen molar-refractivity contribution < 1.29 is 18.0 Å². The Morgan fingerprint density at radius 1 is 1.26 bits per heavy atom. The second kappa shape index (κ2) is 7.13. The van der Waals surface area contributed by atoms with Crippen LogP contribution in [0.2, 0.25) is 0 Å². The van der Waals surface area contributed by atoms with Gasteiger partial charge < -0.3 is 10.2 Å². The minimum absolute atomic E-state index is 0.00810. The highest BCUT2D eigenvalue weighted by Gasteiger charge is 2.46. The van der Waals surface area contributed by atoms with Gasteiger partial charge in [-0.1, -0.05) is 18.2 Å². The maximum Gasteiger partial charge on any atom is 0.254 e. The van der Waals surface area contributed by atoms with Crippen molar-refractivity contribution in [3.05, 3.63) is 35.4 Å². The lowest BCUT2D eigenvalue weighted by Crippen LogP contribution is -2.54. The number of amides is 2. The molecule has 6 nitrogen and oxygen atoms in total. The van der Waals surface area contributed by atoms with Crippen LogP contribution in [-0.2, 0) is 21.2 Å². The predicted octanol–water partition coefficient (Wildman–Crippen LogP) is 1.60. The molecule has 3 aliphatic rings. The van der Waals surface area contributed by atoms with Gasteiger partial charge in [-0.2, -0.15) is 11.8 Å². The highest BCUT2D eigenvalue weighted by molar-refractivity contribution is 7.99. The number of carbonyl (C=O) groups is 2. The molecule has 0 saturated carbocycles. The monoisotopic (exact) mass is 408 g/mol. The molecular formula is C19H24N2O4S2. The minimum atomic E-state index is -3.03.